The van der Waals surface area contributed by atoms with E-state index < -0.39 is 0 Å². The molecule has 2 aromatic rings. The van der Waals surface area contributed by atoms with E-state index in [0.717, 1.165) is 25.1 Å². The van der Waals surface area contributed by atoms with Gasteiger partial charge in [-0.15, -0.1) is 0 Å². The lowest BCUT2D eigenvalue weighted by Gasteiger charge is -2.38. The van der Waals surface area contributed by atoms with E-state index >= 15 is 0 Å². The molecule has 0 spiro atoms. The van der Waals surface area contributed by atoms with Gasteiger partial charge in [0, 0.05) is 43.3 Å². The van der Waals surface area contributed by atoms with Crippen LogP contribution in [0.25, 0.3) is 0 Å². The Morgan fingerprint density at radius 1 is 1.16 bits per heavy atom. The van der Waals surface area contributed by atoms with Crippen molar-refractivity contribution < 1.29 is 4.39 Å². The molecule has 2 unspecified atom stereocenters. The molecule has 2 aromatic carbocycles. The second kappa shape index (κ2) is 7.65. The number of hydrogen-bond acceptors (Lipinski definition) is 3. The zero-order valence-corrected chi connectivity index (χ0v) is 15.2. The van der Waals surface area contributed by atoms with E-state index in [1.165, 1.54) is 11.6 Å². The van der Waals surface area contributed by atoms with Crippen molar-refractivity contribution in [1.29, 1.82) is 0 Å². The Morgan fingerprint density at radius 3 is 2.52 bits per heavy atom. The molecule has 1 saturated heterocycles. The Labute approximate surface area is 150 Å². The second-order valence-corrected chi connectivity index (χ2v) is 7.32. The fourth-order valence-corrected chi connectivity index (χ4v) is 3.94. The van der Waals surface area contributed by atoms with E-state index in [4.69, 9.17) is 5.73 Å². The van der Waals surface area contributed by atoms with Crippen LogP contribution in [0.1, 0.15) is 24.5 Å². The van der Waals surface area contributed by atoms with Crippen molar-refractivity contribution in [1.82, 2.24) is 9.80 Å². The van der Waals surface area contributed by atoms with Gasteiger partial charge in [-0.05, 0) is 32.0 Å². The highest BCUT2D eigenvalue weighted by molar-refractivity contribution is 5.19. The number of nitrogens with two attached hydrogens (primary N) is 1. The predicted octanol–water partition coefficient (Wildman–Crippen LogP) is 3.25. The molecule has 0 amide bonds. The van der Waals surface area contributed by atoms with Gasteiger partial charge in [-0.1, -0.05) is 48.5 Å². The molecule has 0 aromatic heterocycles. The van der Waals surface area contributed by atoms with Crippen LogP contribution in [0.5, 0.6) is 0 Å². The van der Waals surface area contributed by atoms with Crippen molar-refractivity contribution in [3.05, 3.63) is 71.5 Å². The molecule has 2 atom stereocenters. The molecule has 1 aliphatic rings. The van der Waals surface area contributed by atoms with Gasteiger partial charge in [-0.2, -0.15) is 0 Å². The summed E-state index contributed by atoms with van der Waals surface area (Å²) >= 11 is 0. The number of rotatable bonds is 6. The highest BCUT2D eigenvalue weighted by Gasteiger charge is 2.44. The van der Waals surface area contributed by atoms with Crippen LogP contribution in [0.15, 0.2) is 54.6 Å². The van der Waals surface area contributed by atoms with E-state index in [2.05, 4.69) is 48.0 Å². The smallest absolute Gasteiger partial charge is 0.127 e. The lowest BCUT2D eigenvalue weighted by molar-refractivity contribution is 0.119. The molecule has 0 bridgehead atoms. The molecule has 0 aliphatic carbocycles. The molecule has 0 radical (unpaired) electrons. The summed E-state index contributed by atoms with van der Waals surface area (Å²) in [6.07, 6.45) is 1.00. The fraction of sp³-hybridized carbons (Fsp3) is 0.429. The number of halogens is 1. The van der Waals surface area contributed by atoms with Gasteiger partial charge in [0.1, 0.15) is 5.82 Å². The summed E-state index contributed by atoms with van der Waals surface area (Å²) in [5.41, 5.74) is 8.15. The molecule has 1 aliphatic heterocycles. The van der Waals surface area contributed by atoms with Crippen LogP contribution in [-0.2, 0) is 13.1 Å². The third-order valence-electron chi connectivity index (χ3n) is 5.58. The number of nitrogens with zero attached hydrogens (tertiary/aromatic N) is 2. The van der Waals surface area contributed by atoms with Crippen molar-refractivity contribution in [3.63, 3.8) is 0 Å². The standard InChI is InChI=1S/C21H28FN3/c1-17-12-21(15-23,16-25(17)13-18-8-4-3-5-9-18)24(2)14-19-10-6-7-11-20(19)22/h3-11,17H,12-16,23H2,1-2H3. The first kappa shape index (κ1) is 18.1. The molecule has 134 valence electrons. The van der Waals surface area contributed by atoms with Crippen molar-refractivity contribution in [2.75, 3.05) is 20.1 Å². The third-order valence-corrected chi connectivity index (χ3v) is 5.58. The molecular formula is C21H28FN3. The Hall–Kier alpha value is -1.75. The van der Waals surface area contributed by atoms with Crippen LogP contribution in [0, 0.1) is 5.82 Å². The second-order valence-electron chi connectivity index (χ2n) is 7.32. The van der Waals surface area contributed by atoms with Crippen molar-refractivity contribution in [2.24, 2.45) is 5.73 Å². The molecule has 25 heavy (non-hydrogen) atoms. The highest BCUT2D eigenvalue weighted by atomic mass is 19.1. The Bertz CT molecular complexity index is 691. The summed E-state index contributed by atoms with van der Waals surface area (Å²) in [4.78, 5) is 4.73. The van der Waals surface area contributed by atoms with Crippen LogP contribution in [0.3, 0.4) is 0 Å². The molecule has 3 nitrogen and oxygen atoms in total. The largest absolute Gasteiger partial charge is 0.329 e. The molecular weight excluding hydrogens is 313 g/mol. The maximum atomic E-state index is 14.0. The monoisotopic (exact) mass is 341 g/mol. The minimum atomic E-state index is -0.145. The van der Waals surface area contributed by atoms with Gasteiger partial charge >= 0.3 is 0 Å². The lowest BCUT2D eigenvalue weighted by atomic mass is 9.94. The first-order valence-corrected chi connectivity index (χ1v) is 8.97. The van der Waals surface area contributed by atoms with Gasteiger partial charge in [0.05, 0.1) is 0 Å². The van der Waals surface area contributed by atoms with E-state index in [-0.39, 0.29) is 11.4 Å². The Balaban J connectivity index is 1.73. The third kappa shape index (κ3) is 3.92. The van der Waals surface area contributed by atoms with Crippen molar-refractivity contribution in [3.8, 4) is 0 Å². The topological polar surface area (TPSA) is 32.5 Å². The highest BCUT2D eigenvalue weighted by Crippen LogP contribution is 2.33. The zero-order valence-electron chi connectivity index (χ0n) is 15.2. The van der Waals surface area contributed by atoms with E-state index in [1.807, 2.05) is 18.2 Å². The summed E-state index contributed by atoms with van der Waals surface area (Å²) in [5, 5.41) is 0. The van der Waals surface area contributed by atoms with Gasteiger partial charge in [0.25, 0.3) is 0 Å². The minimum absolute atomic E-state index is 0.115. The van der Waals surface area contributed by atoms with E-state index in [1.54, 1.807) is 6.07 Å². The average Bonchev–Trinajstić information content (AvgIpc) is 2.95. The summed E-state index contributed by atoms with van der Waals surface area (Å²) in [6, 6.07) is 18.0. The SMILES string of the molecule is CC1CC(CN)(N(C)Cc2ccccc2F)CN1Cc1ccccc1. The maximum absolute atomic E-state index is 14.0. The molecule has 1 fully saturated rings. The summed E-state index contributed by atoms with van der Waals surface area (Å²) in [5.74, 6) is -0.145. The molecule has 3 rings (SSSR count). The molecule has 1 heterocycles. The number of hydrogen-bond donors (Lipinski definition) is 1. The van der Waals surface area contributed by atoms with Crippen molar-refractivity contribution in [2.45, 2.75) is 38.0 Å². The van der Waals surface area contributed by atoms with Gasteiger partial charge in [-0.3, -0.25) is 9.80 Å². The lowest BCUT2D eigenvalue weighted by Crippen LogP contribution is -2.53. The molecule has 0 saturated carbocycles. The summed E-state index contributed by atoms with van der Waals surface area (Å²) in [7, 11) is 2.07. The van der Waals surface area contributed by atoms with E-state index in [9.17, 15) is 4.39 Å². The van der Waals surface area contributed by atoms with Gasteiger partial charge in [-0.25, -0.2) is 4.39 Å². The van der Waals surface area contributed by atoms with Gasteiger partial charge < -0.3 is 5.73 Å². The number of likely N-dealkylation sites (tertiary alicyclic amines) is 1. The van der Waals surface area contributed by atoms with Crippen LogP contribution in [-0.4, -0.2) is 41.5 Å². The number of likely N-dealkylation sites (N-methyl/N-ethyl adjacent to an activating group) is 1. The van der Waals surface area contributed by atoms with Gasteiger partial charge in [0.2, 0.25) is 0 Å². The van der Waals surface area contributed by atoms with Crippen LogP contribution in [0.4, 0.5) is 4.39 Å². The normalized spacial score (nSPS) is 24.1. The van der Waals surface area contributed by atoms with Crippen LogP contribution in [0.2, 0.25) is 0 Å². The fourth-order valence-electron chi connectivity index (χ4n) is 3.94. The summed E-state index contributed by atoms with van der Waals surface area (Å²) in [6.45, 7) is 5.25. The Kier molecular flexibility index (Phi) is 5.52. The Morgan fingerprint density at radius 2 is 1.84 bits per heavy atom. The number of benzene rings is 2. The summed E-state index contributed by atoms with van der Waals surface area (Å²) < 4.78 is 14.0. The van der Waals surface area contributed by atoms with E-state index in [0.29, 0.717) is 19.1 Å². The minimum Gasteiger partial charge on any atom is -0.329 e. The van der Waals surface area contributed by atoms with Crippen molar-refractivity contribution >= 4 is 0 Å². The maximum Gasteiger partial charge on any atom is 0.127 e. The van der Waals surface area contributed by atoms with Crippen LogP contribution < -0.4 is 5.73 Å². The molecule has 2 N–H and O–H groups in total. The predicted molar refractivity (Wildman–Crippen MR) is 101 cm³/mol. The quantitative estimate of drug-likeness (QED) is 0.875. The first-order chi connectivity index (χ1) is 12.0. The zero-order chi connectivity index (χ0) is 17.9. The van der Waals surface area contributed by atoms with Crippen LogP contribution >= 0.6 is 0 Å². The van der Waals surface area contributed by atoms with Gasteiger partial charge in [0.15, 0.2) is 0 Å². The average molecular weight is 341 g/mol. The molecule has 4 heteroatoms. The first-order valence-electron chi connectivity index (χ1n) is 8.97.